The maximum atomic E-state index is 13.5. The third-order valence-corrected chi connectivity index (χ3v) is 5.16. The number of amides is 2. The van der Waals surface area contributed by atoms with Crippen molar-refractivity contribution in [3.8, 4) is 0 Å². The molecule has 6 nitrogen and oxygen atoms in total. The van der Waals surface area contributed by atoms with E-state index in [9.17, 15) is 14.4 Å². The van der Waals surface area contributed by atoms with Gasteiger partial charge in [0.05, 0.1) is 12.8 Å². The molecule has 156 valence electrons. The first-order valence-electron chi connectivity index (χ1n) is 9.57. The molecule has 1 heterocycles. The van der Waals surface area contributed by atoms with Crippen LogP contribution in [0.1, 0.15) is 29.8 Å². The number of nitrogens with zero attached hydrogens (tertiary/aromatic N) is 2. The van der Waals surface area contributed by atoms with Gasteiger partial charge >= 0.3 is 5.97 Å². The van der Waals surface area contributed by atoms with Gasteiger partial charge in [-0.3, -0.25) is 19.3 Å². The van der Waals surface area contributed by atoms with Crippen molar-refractivity contribution in [2.75, 3.05) is 13.7 Å². The van der Waals surface area contributed by atoms with Crippen LogP contribution in [0.15, 0.2) is 60.8 Å². The van der Waals surface area contributed by atoms with Gasteiger partial charge in [-0.1, -0.05) is 55.8 Å². The summed E-state index contributed by atoms with van der Waals surface area (Å²) in [5, 5.41) is 0.520. The van der Waals surface area contributed by atoms with E-state index in [1.54, 1.807) is 30.5 Å². The molecule has 0 radical (unpaired) electrons. The van der Waals surface area contributed by atoms with Crippen LogP contribution in [0.5, 0.6) is 0 Å². The average molecular weight is 427 g/mol. The Morgan fingerprint density at radius 3 is 2.27 bits per heavy atom. The zero-order chi connectivity index (χ0) is 21.8. The Morgan fingerprint density at radius 2 is 1.70 bits per heavy atom. The fraction of sp³-hybridized carbons (Fsp3) is 0.261. The second-order valence-corrected chi connectivity index (χ2v) is 7.73. The zero-order valence-electron chi connectivity index (χ0n) is 17.0. The molecular weight excluding hydrogens is 404 g/mol. The minimum Gasteiger partial charge on any atom is -0.468 e. The molecule has 0 bridgehead atoms. The van der Waals surface area contributed by atoms with Crippen LogP contribution >= 0.6 is 11.6 Å². The van der Waals surface area contributed by atoms with Crippen LogP contribution in [-0.4, -0.2) is 47.3 Å². The molecule has 3 rings (SSSR count). The maximum Gasteiger partial charge on any atom is 0.325 e. The number of ether oxygens (including phenoxy) is 1. The molecule has 7 heteroatoms. The summed E-state index contributed by atoms with van der Waals surface area (Å²) in [5.41, 5.74) is 1.60. The second-order valence-electron chi connectivity index (χ2n) is 7.29. The predicted octanol–water partition coefficient (Wildman–Crippen LogP) is 3.82. The molecule has 0 aromatic heterocycles. The molecule has 0 fully saturated rings. The summed E-state index contributed by atoms with van der Waals surface area (Å²) >= 11 is 5.95. The monoisotopic (exact) mass is 426 g/mol. The lowest BCUT2D eigenvalue weighted by Crippen LogP contribution is -2.55. The summed E-state index contributed by atoms with van der Waals surface area (Å²) in [6.45, 7) is 3.49. The van der Waals surface area contributed by atoms with Gasteiger partial charge in [0.1, 0.15) is 12.6 Å². The summed E-state index contributed by atoms with van der Waals surface area (Å²) in [4.78, 5) is 41.6. The van der Waals surface area contributed by atoms with E-state index in [0.717, 1.165) is 0 Å². The topological polar surface area (TPSA) is 66.9 Å². The van der Waals surface area contributed by atoms with E-state index >= 15 is 0 Å². The van der Waals surface area contributed by atoms with Crippen molar-refractivity contribution in [1.82, 2.24) is 9.80 Å². The Kier molecular flexibility index (Phi) is 6.57. The summed E-state index contributed by atoms with van der Waals surface area (Å²) in [7, 11) is 1.28. The van der Waals surface area contributed by atoms with Gasteiger partial charge < -0.3 is 9.64 Å². The molecule has 1 aliphatic rings. The molecule has 30 heavy (non-hydrogen) atoms. The van der Waals surface area contributed by atoms with Gasteiger partial charge in [0.25, 0.3) is 11.8 Å². The highest BCUT2D eigenvalue weighted by molar-refractivity contribution is 6.30. The van der Waals surface area contributed by atoms with E-state index in [1.165, 1.54) is 16.9 Å². The summed E-state index contributed by atoms with van der Waals surface area (Å²) in [6.07, 6.45) is 1.64. The van der Waals surface area contributed by atoms with Crippen LogP contribution in [0.4, 0.5) is 0 Å². The number of carbonyl (C=O) groups is 3. The highest BCUT2D eigenvalue weighted by Crippen LogP contribution is 2.31. The van der Waals surface area contributed by atoms with E-state index in [2.05, 4.69) is 0 Å². The fourth-order valence-corrected chi connectivity index (χ4v) is 3.53. The van der Waals surface area contributed by atoms with E-state index < -0.39 is 12.0 Å². The predicted molar refractivity (Wildman–Crippen MR) is 114 cm³/mol. The Labute approximate surface area is 180 Å². The molecular formula is C23H23ClN2O4. The van der Waals surface area contributed by atoms with Crippen LogP contribution < -0.4 is 0 Å². The first-order chi connectivity index (χ1) is 14.3. The standard InChI is InChI=1S/C23H23ClN2O4/c1-15(2)21-23(29)25(14-20(27)30-3)19(16-7-5-4-6-8-16)13-26(21)22(28)17-9-11-18(24)12-10-17/h4-13,15,21H,14H2,1-3H3. The molecule has 0 aliphatic carbocycles. The Bertz CT molecular complexity index is 970. The van der Waals surface area contributed by atoms with Crippen molar-refractivity contribution in [2.24, 2.45) is 5.92 Å². The zero-order valence-corrected chi connectivity index (χ0v) is 17.8. The van der Waals surface area contributed by atoms with E-state index in [1.807, 2.05) is 44.2 Å². The van der Waals surface area contributed by atoms with Crippen molar-refractivity contribution >= 4 is 35.1 Å². The van der Waals surface area contributed by atoms with Gasteiger partial charge in [-0.05, 0) is 35.7 Å². The summed E-state index contributed by atoms with van der Waals surface area (Å²) < 4.78 is 4.78. The molecule has 2 aromatic rings. The van der Waals surface area contributed by atoms with Crippen LogP contribution in [0, 0.1) is 5.92 Å². The normalized spacial score (nSPS) is 16.5. The quantitative estimate of drug-likeness (QED) is 0.681. The van der Waals surface area contributed by atoms with E-state index in [4.69, 9.17) is 16.3 Å². The largest absolute Gasteiger partial charge is 0.468 e. The number of hydrogen-bond donors (Lipinski definition) is 0. The minimum absolute atomic E-state index is 0.178. The van der Waals surface area contributed by atoms with E-state index in [-0.39, 0.29) is 24.3 Å². The molecule has 0 spiro atoms. The maximum absolute atomic E-state index is 13.5. The SMILES string of the molecule is COC(=O)CN1C(=O)C(C(C)C)N(C(=O)c2ccc(Cl)cc2)C=C1c1ccccc1. The Morgan fingerprint density at radius 1 is 1.07 bits per heavy atom. The average Bonchev–Trinajstić information content (AvgIpc) is 2.75. The molecule has 0 saturated carbocycles. The smallest absolute Gasteiger partial charge is 0.325 e. The third-order valence-electron chi connectivity index (χ3n) is 4.91. The van der Waals surface area contributed by atoms with Gasteiger partial charge in [0.2, 0.25) is 0 Å². The van der Waals surface area contributed by atoms with Crippen molar-refractivity contribution in [2.45, 2.75) is 19.9 Å². The lowest BCUT2D eigenvalue weighted by atomic mass is 9.96. The molecule has 0 N–H and O–H groups in total. The molecule has 1 atom stereocenters. The number of carbonyl (C=O) groups excluding carboxylic acids is 3. The van der Waals surface area contributed by atoms with E-state index in [0.29, 0.717) is 21.8 Å². The number of benzene rings is 2. The first-order valence-corrected chi connectivity index (χ1v) is 9.95. The number of rotatable bonds is 5. The van der Waals surface area contributed by atoms with Crippen LogP contribution in [0.25, 0.3) is 5.70 Å². The Hall–Kier alpha value is -3.12. The summed E-state index contributed by atoms with van der Waals surface area (Å²) in [6, 6.07) is 14.9. The molecule has 2 aromatic carbocycles. The third kappa shape index (κ3) is 4.39. The Balaban J connectivity index is 2.12. The van der Waals surface area contributed by atoms with Gasteiger partial charge in [0, 0.05) is 16.8 Å². The van der Waals surface area contributed by atoms with Crippen LogP contribution in [0.3, 0.4) is 0 Å². The van der Waals surface area contributed by atoms with Gasteiger partial charge in [-0.15, -0.1) is 0 Å². The number of halogens is 1. The fourth-order valence-electron chi connectivity index (χ4n) is 3.41. The summed E-state index contributed by atoms with van der Waals surface area (Å²) in [5.74, 6) is -1.36. The van der Waals surface area contributed by atoms with Crippen molar-refractivity contribution < 1.29 is 19.1 Å². The highest BCUT2D eigenvalue weighted by Gasteiger charge is 2.41. The van der Waals surface area contributed by atoms with Crippen LogP contribution in [0.2, 0.25) is 5.02 Å². The molecule has 2 amide bonds. The van der Waals surface area contributed by atoms with Gasteiger partial charge in [-0.25, -0.2) is 0 Å². The van der Waals surface area contributed by atoms with Crippen molar-refractivity contribution in [3.05, 3.63) is 76.9 Å². The number of hydrogen-bond acceptors (Lipinski definition) is 4. The van der Waals surface area contributed by atoms with Crippen molar-refractivity contribution in [1.29, 1.82) is 0 Å². The lowest BCUT2D eigenvalue weighted by molar-refractivity contribution is -0.147. The molecule has 1 aliphatic heterocycles. The van der Waals surface area contributed by atoms with Gasteiger partial charge in [-0.2, -0.15) is 0 Å². The lowest BCUT2D eigenvalue weighted by Gasteiger charge is -2.40. The second kappa shape index (κ2) is 9.13. The van der Waals surface area contributed by atoms with Crippen LogP contribution in [-0.2, 0) is 14.3 Å². The van der Waals surface area contributed by atoms with Gasteiger partial charge in [0.15, 0.2) is 0 Å². The highest BCUT2D eigenvalue weighted by atomic mass is 35.5. The molecule has 0 saturated heterocycles. The first kappa shape index (κ1) is 21.6. The minimum atomic E-state index is -0.759. The number of methoxy groups -OCH3 is 1. The molecule has 1 unspecified atom stereocenters. The number of esters is 1. The van der Waals surface area contributed by atoms with Crippen molar-refractivity contribution in [3.63, 3.8) is 0 Å².